The molecule has 1 amide bonds. The van der Waals surface area contributed by atoms with Gasteiger partial charge in [0.2, 0.25) is 15.9 Å². The van der Waals surface area contributed by atoms with E-state index in [1.165, 1.54) is 10.5 Å². The number of aryl methyl sites for hydroxylation is 1. The predicted octanol–water partition coefficient (Wildman–Crippen LogP) is 0.986. The molecule has 110 valence electrons. The highest BCUT2D eigenvalue weighted by Crippen LogP contribution is 2.24. The summed E-state index contributed by atoms with van der Waals surface area (Å²) in [7, 11) is -3.66. The fraction of sp³-hybridized carbons (Fsp3) is 0.462. The Labute approximate surface area is 123 Å². The molecule has 0 saturated carbocycles. The highest BCUT2D eigenvalue weighted by atomic mass is 32.2. The fourth-order valence-electron chi connectivity index (χ4n) is 2.21. The van der Waals surface area contributed by atoms with Gasteiger partial charge in [-0.15, -0.1) is 0 Å². The van der Waals surface area contributed by atoms with E-state index >= 15 is 0 Å². The monoisotopic (exact) mass is 314 g/mol. The lowest BCUT2D eigenvalue weighted by atomic mass is 10.1. The molecule has 0 bridgehead atoms. The molecule has 7 heteroatoms. The summed E-state index contributed by atoms with van der Waals surface area (Å²) in [4.78, 5) is 13.4. The molecule has 1 unspecified atom stereocenters. The van der Waals surface area contributed by atoms with Crippen LogP contribution in [0.5, 0.6) is 0 Å². The zero-order valence-corrected chi connectivity index (χ0v) is 12.9. The Bertz CT molecular complexity index is 584. The van der Waals surface area contributed by atoms with Crippen molar-refractivity contribution >= 4 is 33.4 Å². The Kier molecular flexibility index (Phi) is 4.72. The summed E-state index contributed by atoms with van der Waals surface area (Å²) in [5.74, 6) is 0.857. The molecule has 1 heterocycles. The molecule has 2 N–H and O–H groups in total. The number of benzene rings is 1. The van der Waals surface area contributed by atoms with Crippen molar-refractivity contribution in [2.24, 2.45) is 5.14 Å². The van der Waals surface area contributed by atoms with Crippen LogP contribution in [0, 0.1) is 0 Å². The summed E-state index contributed by atoms with van der Waals surface area (Å²) in [5, 5.41) is 4.31. The van der Waals surface area contributed by atoms with Crippen molar-refractivity contribution in [2.75, 3.05) is 23.5 Å². The average Bonchev–Trinajstić information content (AvgIpc) is 2.79. The van der Waals surface area contributed by atoms with Crippen LogP contribution in [-0.2, 0) is 21.2 Å². The number of thioether (sulfide) groups is 1. The largest absolute Gasteiger partial charge is 0.311 e. The Morgan fingerprint density at radius 3 is 2.50 bits per heavy atom. The summed E-state index contributed by atoms with van der Waals surface area (Å²) in [6, 6.07) is 7.67. The third-order valence-corrected chi connectivity index (χ3v) is 5.25. The number of amides is 1. The van der Waals surface area contributed by atoms with Gasteiger partial charge in [0, 0.05) is 18.7 Å². The lowest BCUT2D eigenvalue weighted by Gasteiger charge is -2.16. The molecular weight excluding hydrogens is 296 g/mol. The van der Waals surface area contributed by atoms with Gasteiger partial charge < -0.3 is 4.90 Å². The van der Waals surface area contributed by atoms with Crippen molar-refractivity contribution in [3.05, 3.63) is 29.8 Å². The van der Waals surface area contributed by atoms with Crippen molar-refractivity contribution in [3.63, 3.8) is 0 Å². The molecule has 1 atom stereocenters. The second-order valence-electron chi connectivity index (χ2n) is 4.83. The molecule has 0 aliphatic carbocycles. The van der Waals surface area contributed by atoms with Gasteiger partial charge in [-0.3, -0.25) is 4.79 Å². The zero-order valence-electron chi connectivity index (χ0n) is 11.3. The molecule has 1 saturated heterocycles. The van der Waals surface area contributed by atoms with Crippen LogP contribution in [0.25, 0.3) is 0 Å². The molecular formula is C13H18N2O3S2. The highest BCUT2D eigenvalue weighted by Gasteiger charge is 2.37. The Morgan fingerprint density at radius 1 is 1.35 bits per heavy atom. The molecule has 1 fully saturated rings. The van der Waals surface area contributed by atoms with Crippen molar-refractivity contribution < 1.29 is 13.2 Å². The number of nitrogens with two attached hydrogens (primary N) is 1. The summed E-state index contributed by atoms with van der Waals surface area (Å²) in [6.45, 7) is 0.141. The summed E-state index contributed by atoms with van der Waals surface area (Å²) in [5.41, 5.74) is 1.94. The van der Waals surface area contributed by atoms with Crippen LogP contribution in [-0.4, -0.2) is 38.1 Å². The first-order valence-corrected chi connectivity index (χ1v) is 9.32. The first-order chi connectivity index (χ1) is 9.41. The van der Waals surface area contributed by atoms with Gasteiger partial charge in [0.1, 0.15) is 5.25 Å². The maximum Gasteiger partial charge on any atom is 0.228 e. The van der Waals surface area contributed by atoms with Crippen LogP contribution in [0.15, 0.2) is 24.3 Å². The molecule has 0 aromatic heterocycles. The number of sulfonamides is 1. The smallest absolute Gasteiger partial charge is 0.228 e. The fourth-order valence-corrected chi connectivity index (χ4v) is 3.38. The molecule has 1 aromatic carbocycles. The van der Waals surface area contributed by atoms with Crippen molar-refractivity contribution in [2.45, 2.75) is 18.1 Å². The van der Waals surface area contributed by atoms with Crippen LogP contribution < -0.4 is 10.0 Å². The van der Waals surface area contributed by atoms with E-state index in [0.717, 1.165) is 17.9 Å². The maximum absolute atomic E-state index is 11.9. The van der Waals surface area contributed by atoms with Crippen LogP contribution in [0.4, 0.5) is 5.69 Å². The van der Waals surface area contributed by atoms with E-state index in [9.17, 15) is 13.2 Å². The second-order valence-corrected chi connectivity index (χ2v) is 7.66. The summed E-state index contributed by atoms with van der Waals surface area (Å²) < 4.78 is 22.6. The highest BCUT2D eigenvalue weighted by molar-refractivity contribution is 7.98. The molecule has 0 spiro atoms. The minimum atomic E-state index is -3.66. The van der Waals surface area contributed by atoms with Gasteiger partial charge in [-0.2, -0.15) is 11.8 Å². The van der Waals surface area contributed by atoms with Gasteiger partial charge in [-0.25, -0.2) is 13.6 Å². The van der Waals surface area contributed by atoms with Gasteiger partial charge in [0.05, 0.1) is 0 Å². The van der Waals surface area contributed by atoms with E-state index in [0.29, 0.717) is 0 Å². The lowest BCUT2D eigenvalue weighted by molar-refractivity contribution is -0.117. The number of carbonyl (C=O) groups excluding carboxylic acids is 1. The molecule has 20 heavy (non-hydrogen) atoms. The number of hydrogen-bond donors (Lipinski definition) is 1. The Morgan fingerprint density at radius 2 is 2.00 bits per heavy atom. The van der Waals surface area contributed by atoms with Gasteiger partial charge in [-0.1, -0.05) is 12.1 Å². The van der Waals surface area contributed by atoms with Crippen LogP contribution >= 0.6 is 11.8 Å². The third-order valence-electron chi connectivity index (χ3n) is 3.40. The van der Waals surface area contributed by atoms with E-state index in [4.69, 9.17) is 5.14 Å². The number of anilines is 1. The SMILES string of the molecule is CSCCc1ccc(N2CC(S(N)(=O)=O)CC2=O)cc1. The topological polar surface area (TPSA) is 80.5 Å². The van der Waals surface area contributed by atoms with Crippen LogP contribution in [0.3, 0.4) is 0 Å². The molecule has 1 aliphatic heterocycles. The van der Waals surface area contributed by atoms with Gasteiger partial charge >= 0.3 is 0 Å². The molecule has 5 nitrogen and oxygen atoms in total. The second kappa shape index (κ2) is 6.15. The van der Waals surface area contributed by atoms with Crippen molar-refractivity contribution in [3.8, 4) is 0 Å². The first kappa shape index (κ1) is 15.3. The van der Waals surface area contributed by atoms with E-state index in [1.54, 1.807) is 11.8 Å². The molecule has 2 rings (SSSR count). The summed E-state index contributed by atoms with van der Waals surface area (Å²) in [6.07, 6.45) is 3.01. The molecule has 1 aliphatic rings. The number of carbonyl (C=O) groups is 1. The first-order valence-electron chi connectivity index (χ1n) is 6.31. The number of nitrogens with zero attached hydrogens (tertiary/aromatic N) is 1. The van der Waals surface area contributed by atoms with Crippen molar-refractivity contribution in [1.82, 2.24) is 0 Å². The normalized spacial score (nSPS) is 19.6. The van der Waals surface area contributed by atoms with Crippen LogP contribution in [0.1, 0.15) is 12.0 Å². The number of primary sulfonamides is 1. The van der Waals surface area contributed by atoms with Crippen molar-refractivity contribution in [1.29, 1.82) is 0 Å². The lowest BCUT2D eigenvalue weighted by Crippen LogP contribution is -2.32. The standard InChI is InChI=1S/C13H18N2O3S2/c1-19-7-6-10-2-4-11(5-3-10)15-9-12(8-13(15)16)20(14,17)18/h2-5,12H,6-9H2,1H3,(H2,14,17,18). The minimum absolute atomic E-state index is 0.0347. The van der Waals surface area contributed by atoms with Gasteiger partial charge in [0.25, 0.3) is 0 Å². The maximum atomic E-state index is 11.9. The molecule has 0 radical (unpaired) electrons. The predicted molar refractivity (Wildman–Crippen MR) is 82.4 cm³/mol. The number of hydrogen-bond acceptors (Lipinski definition) is 4. The van der Waals surface area contributed by atoms with E-state index in [2.05, 4.69) is 6.26 Å². The number of rotatable bonds is 5. The quantitative estimate of drug-likeness (QED) is 0.879. The van der Waals surface area contributed by atoms with E-state index < -0.39 is 15.3 Å². The van der Waals surface area contributed by atoms with E-state index in [1.807, 2.05) is 24.3 Å². The van der Waals surface area contributed by atoms with Crippen LogP contribution in [0.2, 0.25) is 0 Å². The van der Waals surface area contributed by atoms with Gasteiger partial charge in [0.15, 0.2) is 0 Å². The minimum Gasteiger partial charge on any atom is -0.311 e. The molecule has 1 aromatic rings. The summed E-state index contributed by atoms with van der Waals surface area (Å²) >= 11 is 1.78. The zero-order chi connectivity index (χ0) is 14.8. The van der Waals surface area contributed by atoms with Gasteiger partial charge in [-0.05, 0) is 36.1 Å². The average molecular weight is 314 g/mol. The Balaban J connectivity index is 2.10. The third kappa shape index (κ3) is 3.53. The Hall–Kier alpha value is -1.05. The van der Waals surface area contributed by atoms with E-state index in [-0.39, 0.29) is 18.9 Å².